The number of hydrogen-bond donors (Lipinski definition) is 1. The van der Waals surface area contributed by atoms with E-state index >= 15 is 0 Å². The molecule has 0 fully saturated rings. The first-order chi connectivity index (χ1) is 6.99. The zero-order chi connectivity index (χ0) is 11.4. The normalized spacial score (nSPS) is 10.3. The maximum absolute atomic E-state index is 11.5. The fourth-order valence-corrected chi connectivity index (χ4v) is 2.01. The molecule has 0 amide bonds. The Morgan fingerprint density at radius 3 is 2.87 bits per heavy atom. The minimum atomic E-state index is -0.288. The highest BCUT2D eigenvalue weighted by molar-refractivity contribution is 7.80. The molecule has 2 N–H and O–H groups in total. The summed E-state index contributed by atoms with van der Waals surface area (Å²) in [5.41, 5.74) is 6.37. The van der Waals surface area contributed by atoms with Crippen molar-refractivity contribution in [2.24, 2.45) is 5.73 Å². The molecule has 1 aromatic heterocycles. The minimum absolute atomic E-state index is 0.0985. The number of carbonyl (C=O) groups is 1. The summed E-state index contributed by atoms with van der Waals surface area (Å²) >= 11 is 6.14. The fourth-order valence-electron chi connectivity index (χ4n) is 1.05. The van der Waals surface area contributed by atoms with Crippen molar-refractivity contribution < 1.29 is 9.53 Å². The summed E-state index contributed by atoms with van der Waals surface area (Å²) in [6.07, 6.45) is 0.430. The highest BCUT2D eigenvalue weighted by atomic mass is 32.1. The molecule has 15 heavy (non-hydrogen) atoms. The molecular formula is C10H13NO2S2. The number of carbonyl (C=O) groups excluding carboxylic acids is 1. The topological polar surface area (TPSA) is 52.3 Å². The van der Waals surface area contributed by atoms with Crippen LogP contribution in [0.15, 0.2) is 11.4 Å². The summed E-state index contributed by atoms with van der Waals surface area (Å²) in [6, 6.07) is 1.77. The third-order valence-electron chi connectivity index (χ3n) is 1.58. The van der Waals surface area contributed by atoms with Gasteiger partial charge in [-0.25, -0.2) is 4.79 Å². The van der Waals surface area contributed by atoms with E-state index in [0.29, 0.717) is 16.3 Å². The van der Waals surface area contributed by atoms with Gasteiger partial charge in [0.05, 0.1) is 11.1 Å². The Morgan fingerprint density at radius 2 is 2.33 bits per heavy atom. The summed E-state index contributed by atoms with van der Waals surface area (Å²) in [7, 11) is 0. The lowest BCUT2D eigenvalue weighted by Gasteiger charge is -2.05. The van der Waals surface area contributed by atoms with Gasteiger partial charge in [-0.2, -0.15) is 0 Å². The molecule has 0 atom stereocenters. The van der Waals surface area contributed by atoms with Gasteiger partial charge in [0.15, 0.2) is 0 Å². The van der Waals surface area contributed by atoms with Crippen molar-refractivity contribution in [3.8, 4) is 0 Å². The van der Waals surface area contributed by atoms with Gasteiger partial charge in [0.25, 0.3) is 0 Å². The zero-order valence-corrected chi connectivity index (χ0v) is 10.3. The molecule has 0 aliphatic carbocycles. The molecule has 5 heteroatoms. The number of thiophene rings is 1. The number of hydrogen-bond acceptors (Lipinski definition) is 4. The Hall–Kier alpha value is -0.940. The van der Waals surface area contributed by atoms with E-state index in [2.05, 4.69) is 0 Å². The highest BCUT2D eigenvalue weighted by Gasteiger charge is 2.12. The minimum Gasteiger partial charge on any atom is -0.459 e. The summed E-state index contributed by atoms with van der Waals surface area (Å²) in [5, 5.41) is 1.87. The third kappa shape index (κ3) is 3.97. The molecule has 0 radical (unpaired) electrons. The van der Waals surface area contributed by atoms with Crippen LogP contribution >= 0.6 is 23.6 Å². The van der Waals surface area contributed by atoms with Gasteiger partial charge in [0.2, 0.25) is 0 Å². The van der Waals surface area contributed by atoms with Gasteiger partial charge in [-0.05, 0) is 30.9 Å². The Bertz CT molecular complexity index is 371. The van der Waals surface area contributed by atoms with Crippen LogP contribution in [0.2, 0.25) is 0 Å². The predicted molar refractivity (Wildman–Crippen MR) is 65.4 cm³/mol. The second kappa shape index (κ2) is 5.23. The van der Waals surface area contributed by atoms with E-state index in [0.717, 1.165) is 5.56 Å². The summed E-state index contributed by atoms with van der Waals surface area (Å²) in [6.45, 7) is 3.64. The lowest BCUT2D eigenvalue weighted by Crippen LogP contribution is -2.11. The van der Waals surface area contributed by atoms with E-state index < -0.39 is 0 Å². The Kier molecular flexibility index (Phi) is 4.23. The van der Waals surface area contributed by atoms with Crippen LogP contribution in [0.1, 0.15) is 29.1 Å². The van der Waals surface area contributed by atoms with E-state index in [1.807, 2.05) is 19.2 Å². The first-order valence-corrected chi connectivity index (χ1v) is 5.84. The van der Waals surface area contributed by atoms with Crippen LogP contribution < -0.4 is 5.73 Å². The lowest BCUT2D eigenvalue weighted by atomic mass is 10.2. The summed E-state index contributed by atoms with van der Waals surface area (Å²) in [5.74, 6) is -0.288. The van der Waals surface area contributed by atoms with Crippen LogP contribution in [0.4, 0.5) is 0 Å². The van der Waals surface area contributed by atoms with Gasteiger partial charge in [-0.15, -0.1) is 11.3 Å². The first kappa shape index (κ1) is 12.1. The molecule has 0 unspecified atom stereocenters. The third-order valence-corrected chi connectivity index (χ3v) is 2.68. The Morgan fingerprint density at radius 1 is 1.67 bits per heavy atom. The van der Waals surface area contributed by atoms with E-state index in [-0.39, 0.29) is 12.1 Å². The van der Waals surface area contributed by atoms with Crippen molar-refractivity contribution in [3.63, 3.8) is 0 Å². The molecule has 0 aromatic carbocycles. The van der Waals surface area contributed by atoms with Crippen molar-refractivity contribution in [3.05, 3.63) is 21.9 Å². The van der Waals surface area contributed by atoms with Crippen LogP contribution in [-0.4, -0.2) is 17.1 Å². The van der Waals surface area contributed by atoms with Crippen LogP contribution in [0.5, 0.6) is 0 Å². The molecule has 1 rings (SSSR count). The quantitative estimate of drug-likeness (QED) is 0.650. The van der Waals surface area contributed by atoms with Gasteiger partial charge < -0.3 is 10.5 Å². The molecule has 0 bridgehead atoms. The molecule has 1 heterocycles. The van der Waals surface area contributed by atoms with Gasteiger partial charge >= 0.3 is 5.97 Å². The fraction of sp³-hybridized carbons (Fsp3) is 0.400. The smallest absolute Gasteiger partial charge is 0.348 e. The molecular weight excluding hydrogens is 230 g/mol. The van der Waals surface area contributed by atoms with E-state index in [1.54, 1.807) is 6.07 Å². The van der Waals surface area contributed by atoms with Crippen molar-refractivity contribution in [2.75, 3.05) is 0 Å². The number of nitrogens with two attached hydrogens (primary N) is 1. The van der Waals surface area contributed by atoms with E-state index in [9.17, 15) is 4.79 Å². The second-order valence-corrected chi connectivity index (χ2v) is 4.85. The molecule has 1 aromatic rings. The van der Waals surface area contributed by atoms with Gasteiger partial charge in [0.1, 0.15) is 4.88 Å². The molecule has 82 valence electrons. The van der Waals surface area contributed by atoms with E-state index in [4.69, 9.17) is 22.7 Å². The number of ether oxygens (including phenoxy) is 1. The highest BCUT2D eigenvalue weighted by Crippen LogP contribution is 2.17. The number of esters is 1. The van der Waals surface area contributed by atoms with Crippen molar-refractivity contribution in [1.82, 2.24) is 0 Å². The van der Waals surface area contributed by atoms with Crippen molar-refractivity contribution >= 4 is 34.5 Å². The summed E-state index contributed by atoms with van der Waals surface area (Å²) in [4.78, 5) is 12.5. The van der Waals surface area contributed by atoms with Gasteiger partial charge in [-0.3, -0.25) is 0 Å². The molecule has 0 saturated carbocycles. The van der Waals surface area contributed by atoms with Crippen LogP contribution in [0, 0.1) is 0 Å². The number of thiocarbonyl (C=S) groups is 1. The SMILES string of the molecule is CC(C)OC(=O)c1cc(CC(N)=S)cs1. The zero-order valence-electron chi connectivity index (χ0n) is 8.65. The van der Waals surface area contributed by atoms with Crippen LogP contribution in [0.25, 0.3) is 0 Å². The molecule has 0 aliphatic heterocycles. The maximum Gasteiger partial charge on any atom is 0.348 e. The monoisotopic (exact) mass is 243 g/mol. The first-order valence-electron chi connectivity index (χ1n) is 4.55. The standard InChI is InChI=1S/C10H13NO2S2/c1-6(2)13-10(12)8-3-7(5-15-8)4-9(11)14/h3,5-6H,4H2,1-2H3,(H2,11,14). The van der Waals surface area contributed by atoms with E-state index in [1.165, 1.54) is 11.3 Å². The average molecular weight is 243 g/mol. The average Bonchev–Trinajstić information content (AvgIpc) is 2.50. The Labute approximate surface area is 98.2 Å². The van der Waals surface area contributed by atoms with Crippen LogP contribution in [0.3, 0.4) is 0 Å². The number of rotatable bonds is 4. The van der Waals surface area contributed by atoms with Gasteiger partial charge in [0, 0.05) is 6.42 Å². The van der Waals surface area contributed by atoms with Crippen LogP contribution in [-0.2, 0) is 11.2 Å². The maximum atomic E-state index is 11.5. The second-order valence-electron chi connectivity index (χ2n) is 3.42. The molecule has 0 aliphatic rings. The largest absolute Gasteiger partial charge is 0.459 e. The molecule has 0 spiro atoms. The van der Waals surface area contributed by atoms with Gasteiger partial charge in [-0.1, -0.05) is 12.2 Å². The van der Waals surface area contributed by atoms with Crippen molar-refractivity contribution in [1.29, 1.82) is 0 Å². The lowest BCUT2D eigenvalue weighted by molar-refractivity contribution is 0.0384. The summed E-state index contributed by atoms with van der Waals surface area (Å²) < 4.78 is 5.06. The molecule has 0 saturated heterocycles. The van der Waals surface area contributed by atoms with Crippen molar-refractivity contribution in [2.45, 2.75) is 26.4 Å². The molecule has 3 nitrogen and oxygen atoms in total. The Balaban J connectivity index is 2.67. The predicted octanol–water partition coefficient (Wildman–Crippen LogP) is 2.14.